The van der Waals surface area contributed by atoms with E-state index in [0.717, 1.165) is 12.1 Å². The fourth-order valence-electron chi connectivity index (χ4n) is 1.29. The molecule has 3 nitrogen and oxygen atoms in total. The van der Waals surface area contributed by atoms with Gasteiger partial charge in [-0.2, -0.15) is 0 Å². The van der Waals surface area contributed by atoms with Gasteiger partial charge >= 0.3 is 5.97 Å². The van der Waals surface area contributed by atoms with Gasteiger partial charge in [-0.1, -0.05) is 11.6 Å². The second-order valence-electron chi connectivity index (χ2n) is 3.35. The molecule has 0 fully saturated rings. The maximum atomic E-state index is 13.4. The van der Waals surface area contributed by atoms with Gasteiger partial charge in [-0.3, -0.25) is 4.79 Å². The van der Waals surface area contributed by atoms with Crippen molar-refractivity contribution in [1.82, 2.24) is 0 Å². The number of halogens is 3. The highest BCUT2D eigenvalue weighted by atomic mass is 35.5. The maximum Gasteiger partial charge on any atom is 0.309 e. The smallest absolute Gasteiger partial charge is 0.309 e. The van der Waals surface area contributed by atoms with Crippen LogP contribution >= 0.6 is 11.6 Å². The molecule has 1 aromatic rings. The lowest BCUT2D eigenvalue weighted by atomic mass is 10.1. The number of carbonyl (C=O) groups is 1. The van der Waals surface area contributed by atoms with Crippen molar-refractivity contribution in [2.45, 2.75) is 19.3 Å². The third kappa shape index (κ3) is 3.56. The minimum Gasteiger partial charge on any atom is -0.492 e. The highest BCUT2D eigenvalue weighted by Crippen LogP contribution is 2.36. The fourth-order valence-corrected chi connectivity index (χ4v) is 1.53. The Hall–Kier alpha value is -1.36. The second-order valence-corrected chi connectivity index (χ2v) is 3.76. The molecule has 0 atom stereocenters. The van der Waals surface area contributed by atoms with Gasteiger partial charge in [0.1, 0.15) is 12.2 Å². The Morgan fingerprint density at radius 2 is 2.18 bits per heavy atom. The summed E-state index contributed by atoms with van der Waals surface area (Å²) in [5.41, 5.74) is -0.437. The maximum absolute atomic E-state index is 13.4. The first-order valence-corrected chi connectivity index (χ1v) is 5.27. The average molecular weight is 265 g/mol. The van der Waals surface area contributed by atoms with Crippen LogP contribution in [0.1, 0.15) is 18.9 Å². The van der Waals surface area contributed by atoms with E-state index < -0.39 is 23.9 Å². The molecule has 94 valence electrons. The molecule has 0 heterocycles. The van der Waals surface area contributed by atoms with Gasteiger partial charge in [0.15, 0.2) is 0 Å². The number of aliphatic carboxylic acids is 1. The van der Waals surface area contributed by atoms with Crippen LogP contribution in [0, 0.1) is 0 Å². The van der Waals surface area contributed by atoms with Gasteiger partial charge in [-0.05, 0) is 25.1 Å². The minimum atomic E-state index is -3.44. The van der Waals surface area contributed by atoms with E-state index in [0.29, 0.717) is 12.4 Å². The molecule has 0 aliphatic carbocycles. The highest BCUT2D eigenvalue weighted by molar-refractivity contribution is 6.32. The van der Waals surface area contributed by atoms with Crippen molar-refractivity contribution in [3.05, 3.63) is 28.8 Å². The fraction of sp³-hybridized carbons (Fsp3) is 0.364. The van der Waals surface area contributed by atoms with Crippen LogP contribution in [0.4, 0.5) is 8.78 Å². The Bertz CT molecular complexity index is 421. The first-order chi connectivity index (χ1) is 7.86. The van der Waals surface area contributed by atoms with Gasteiger partial charge < -0.3 is 9.84 Å². The second kappa shape index (κ2) is 5.31. The molecule has 0 aromatic heterocycles. The van der Waals surface area contributed by atoms with Gasteiger partial charge in [-0.25, -0.2) is 8.78 Å². The van der Waals surface area contributed by atoms with Gasteiger partial charge in [0.05, 0.1) is 11.6 Å². The summed E-state index contributed by atoms with van der Waals surface area (Å²) in [4.78, 5) is 10.3. The van der Waals surface area contributed by atoms with Crippen molar-refractivity contribution in [2.24, 2.45) is 0 Å². The van der Waals surface area contributed by atoms with Gasteiger partial charge in [0.25, 0.3) is 5.92 Å². The van der Waals surface area contributed by atoms with E-state index in [1.54, 1.807) is 6.92 Å². The zero-order valence-corrected chi connectivity index (χ0v) is 9.80. The number of ether oxygens (including phenoxy) is 1. The summed E-state index contributed by atoms with van der Waals surface area (Å²) in [6, 6.07) is 3.44. The van der Waals surface area contributed by atoms with Gasteiger partial charge in [0.2, 0.25) is 0 Å². The van der Waals surface area contributed by atoms with Crippen molar-refractivity contribution in [3.8, 4) is 5.75 Å². The molecule has 0 aliphatic rings. The molecule has 0 unspecified atom stereocenters. The van der Waals surface area contributed by atoms with E-state index in [4.69, 9.17) is 21.4 Å². The van der Waals surface area contributed by atoms with E-state index in [1.165, 1.54) is 6.07 Å². The lowest BCUT2D eigenvalue weighted by molar-refractivity contribution is -0.145. The van der Waals surface area contributed by atoms with Crippen LogP contribution in [-0.2, 0) is 10.7 Å². The monoisotopic (exact) mass is 264 g/mol. The molecular weight excluding hydrogens is 254 g/mol. The van der Waals surface area contributed by atoms with Crippen LogP contribution in [-0.4, -0.2) is 17.7 Å². The number of carboxylic acids is 1. The Kier molecular flexibility index (Phi) is 4.28. The SMILES string of the molecule is CCOc1ccc(C(F)(F)CC(=O)O)cc1Cl. The lowest BCUT2D eigenvalue weighted by Crippen LogP contribution is -2.18. The molecule has 1 aromatic carbocycles. The summed E-state index contributed by atoms with van der Waals surface area (Å²) in [6.07, 6.45) is -1.27. The molecule has 1 N–H and O–H groups in total. The molecule has 0 saturated heterocycles. The van der Waals surface area contributed by atoms with Gasteiger partial charge in [0, 0.05) is 5.56 Å². The molecular formula is C11H11ClF2O3. The highest BCUT2D eigenvalue weighted by Gasteiger charge is 2.35. The van der Waals surface area contributed by atoms with E-state index >= 15 is 0 Å². The van der Waals surface area contributed by atoms with Crippen LogP contribution in [0.15, 0.2) is 18.2 Å². The lowest BCUT2D eigenvalue weighted by Gasteiger charge is -2.15. The summed E-state index contributed by atoms with van der Waals surface area (Å²) in [7, 11) is 0. The standard InChI is InChI=1S/C11H11ClF2O3/c1-2-17-9-4-3-7(5-8(9)12)11(13,14)6-10(15)16/h3-5H,2,6H2,1H3,(H,15,16). The van der Waals surface area contributed by atoms with Gasteiger partial charge in [-0.15, -0.1) is 0 Å². The molecule has 0 aliphatic heterocycles. The minimum absolute atomic E-state index is 0.0365. The molecule has 1 rings (SSSR count). The largest absolute Gasteiger partial charge is 0.492 e. The zero-order valence-electron chi connectivity index (χ0n) is 9.04. The van der Waals surface area contributed by atoms with Crippen LogP contribution in [0.5, 0.6) is 5.75 Å². The number of hydrogen-bond acceptors (Lipinski definition) is 2. The topological polar surface area (TPSA) is 46.5 Å². The third-order valence-corrected chi connectivity index (χ3v) is 2.32. The first kappa shape index (κ1) is 13.7. The van der Waals surface area contributed by atoms with E-state index in [1.807, 2.05) is 0 Å². The summed E-state index contributed by atoms with van der Waals surface area (Å²) in [6.45, 7) is 2.11. The average Bonchev–Trinajstić information content (AvgIpc) is 2.19. The Morgan fingerprint density at radius 1 is 1.53 bits per heavy atom. The normalized spacial score (nSPS) is 11.3. The summed E-state index contributed by atoms with van der Waals surface area (Å²) >= 11 is 5.75. The number of carboxylic acid groups (broad SMARTS) is 1. The Balaban J connectivity index is 3.00. The van der Waals surface area contributed by atoms with Crippen molar-refractivity contribution >= 4 is 17.6 Å². The quantitative estimate of drug-likeness (QED) is 0.887. The first-order valence-electron chi connectivity index (χ1n) is 4.89. The van der Waals surface area contributed by atoms with Crippen LogP contribution < -0.4 is 4.74 Å². The summed E-state index contributed by atoms with van der Waals surface area (Å²) < 4.78 is 31.9. The van der Waals surface area contributed by atoms with E-state index in [-0.39, 0.29) is 5.02 Å². The molecule has 6 heteroatoms. The number of benzene rings is 1. The van der Waals surface area contributed by atoms with E-state index in [9.17, 15) is 13.6 Å². The molecule has 17 heavy (non-hydrogen) atoms. The van der Waals surface area contributed by atoms with E-state index in [2.05, 4.69) is 0 Å². The molecule has 0 radical (unpaired) electrons. The summed E-state index contributed by atoms with van der Waals surface area (Å²) in [5.74, 6) is -4.72. The predicted octanol–water partition coefficient (Wildman–Crippen LogP) is 3.31. The zero-order chi connectivity index (χ0) is 13.1. The van der Waals surface area contributed by atoms with Crippen LogP contribution in [0.25, 0.3) is 0 Å². The molecule has 0 saturated carbocycles. The molecule has 0 bridgehead atoms. The number of rotatable bonds is 5. The summed E-state index contributed by atoms with van der Waals surface area (Å²) in [5, 5.41) is 8.42. The Morgan fingerprint density at radius 3 is 2.65 bits per heavy atom. The van der Waals surface area contributed by atoms with Crippen molar-refractivity contribution in [1.29, 1.82) is 0 Å². The van der Waals surface area contributed by atoms with Crippen molar-refractivity contribution in [2.75, 3.05) is 6.61 Å². The molecule has 0 spiro atoms. The number of alkyl halides is 2. The van der Waals surface area contributed by atoms with Crippen LogP contribution in [0.2, 0.25) is 5.02 Å². The van der Waals surface area contributed by atoms with Crippen LogP contribution in [0.3, 0.4) is 0 Å². The molecule has 0 amide bonds. The van der Waals surface area contributed by atoms with Crippen molar-refractivity contribution < 1.29 is 23.4 Å². The third-order valence-electron chi connectivity index (χ3n) is 2.03. The van der Waals surface area contributed by atoms with Crippen molar-refractivity contribution in [3.63, 3.8) is 0 Å². The number of hydrogen-bond donors (Lipinski definition) is 1. The predicted molar refractivity (Wildman–Crippen MR) is 58.8 cm³/mol. The Labute approximate surface area is 102 Å².